The Labute approximate surface area is 83.6 Å². The molecule has 1 N–H and O–H groups in total. The molecule has 0 fully saturated rings. The summed E-state index contributed by atoms with van der Waals surface area (Å²) < 4.78 is 0. The molecule has 0 spiro atoms. The maximum absolute atomic E-state index is 9.94. The summed E-state index contributed by atoms with van der Waals surface area (Å²) in [5.74, 6) is -0.709. The van der Waals surface area contributed by atoms with Gasteiger partial charge in [0.1, 0.15) is 0 Å². The van der Waals surface area contributed by atoms with Crippen molar-refractivity contribution >= 4 is 35.5 Å². The summed E-state index contributed by atoms with van der Waals surface area (Å²) in [5.41, 5.74) is 0. The monoisotopic (exact) mass is 151 g/mol. The van der Waals surface area contributed by atoms with Gasteiger partial charge in [-0.05, 0) is 19.8 Å². The third-order valence-corrected chi connectivity index (χ3v) is 0.997. The fourth-order valence-corrected chi connectivity index (χ4v) is 0.538. The minimum atomic E-state index is -0.709. The van der Waals surface area contributed by atoms with Gasteiger partial charge in [0.25, 0.3) is 0 Å². The second-order valence-electron chi connectivity index (χ2n) is 1.86. The standard InChI is InChI=1S/C7H12O2.Na/c1-2-3-4-5-6-7(8)9;/h2-3H,4-6H2,1H3,(H,8,9);. The third kappa shape index (κ3) is 11.1. The molecule has 0 aliphatic rings. The summed E-state index contributed by atoms with van der Waals surface area (Å²) in [6, 6.07) is 0. The van der Waals surface area contributed by atoms with Crippen molar-refractivity contribution in [1.82, 2.24) is 0 Å². The number of carboxylic acids is 1. The number of allylic oxidation sites excluding steroid dienone is 2. The summed E-state index contributed by atoms with van der Waals surface area (Å²) >= 11 is 0. The molecule has 0 unspecified atom stereocenters. The first-order valence-corrected chi connectivity index (χ1v) is 3.10. The molecule has 2 nitrogen and oxygen atoms in total. The molecule has 0 saturated carbocycles. The van der Waals surface area contributed by atoms with Crippen molar-refractivity contribution in [3.8, 4) is 0 Å². The van der Waals surface area contributed by atoms with Crippen LogP contribution in [0.25, 0.3) is 0 Å². The Morgan fingerprint density at radius 2 is 2.20 bits per heavy atom. The quantitative estimate of drug-likeness (QED) is 0.375. The van der Waals surface area contributed by atoms with Gasteiger partial charge in [-0.15, -0.1) is 0 Å². The predicted molar refractivity (Wildman–Crippen MR) is 42.1 cm³/mol. The van der Waals surface area contributed by atoms with Gasteiger partial charge in [0.15, 0.2) is 0 Å². The van der Waals surface area contributed by atoms with Gasteiger partial charge < -0.3 is 5.11 Å². The fourth-order valence-electron chi connectivity index (χ4n) is 0.538. The number of unbranched alkanes of at least 4 members (excludes halogenated alkanes) is 1. The molecule has 0 aliphatic carbocycles. The van der Waals surface area contributed by atoms with E-state index in [0.29, 0.717) is 0 Å². The first-order valence-electron chi connectivity index (χ1n) is 3.10. The molecule has 0 aromatic heterocycles. The number of aliphatic carboxylic acids is 1. The molecular weight excluding hydrogens is 139 g/mol. The van der Waals surface area contributed by atoms with Crippen LogP contribution in [0.2, 0.25) is 0 Å². The smallest absolute Gasteiger partial charge is 0.303 e. The van der Waals surface area contributed by atoms with E-state index in [9.17, 15) is 4.79 Å². The van der Waals surface area contributed by atoms with Crippen LogP contribution in [0.15, 0.2) is 12.2 Å². The topological polar surface area (TPSA) is 37.3 Å². The van der Waals surface area contributed by atoms with E-state index in [4.69, 9.17) is 5.11 Å². The second-order valence-corrected chi connectivity index (χ2v) is 1.86. The van der Waals surface area contributed by atoms with Gasteiger partial charge in [0, 0.05) is 36.0 Å². The Hall–Kier alpha value is 0.210. The molecule has 0 aromatic rings. The molecule has 0 aromatic carbocycles. The van der Waals surface area contributed by atoms with Crippen molar-refractivity contribution < 1.29 is 9.90 Å². The van der Waals surface area contributed by atoms with Crippen molar-refractivity contribution in [3.63, 3.8) is 0 Å². The Balaban J connectivity index is 0. The molecule has 0 rings (SSSR count). The van der Waals surface area contributed by atoms with E-state index in [2.05, 4.69) is 0 Å². The van der Waals surface area contributed by atoms with Crippen molar-refractivity contribution in [1.29, 1.82) is 0 Å². The molecule has 1 radical (unpaired) electrons. The zero-order valence-electron chi connectivity index (χ0n) is 6.63. The molecular formula is C7H12NaO2. The van der Waals surface area contributed by atoms with Crippen LogP contribution in [0, 0.1) is 0 Å². The molecule has 0 amide bonds. The second kappa shape index (κ2) is 9.21. The van der Waals surface area contributed by atoms with Gasteiger partial charge >= 0.3 is 5.97 Å². The number of rotatable bonds is 4. The van der Waals surface area contributed by atoms with Crippen LogP contribution in [0.3, 0.4) is 0 Å². The van der Waals surface area contributed by atoms with Crippen LogP contribution in [-0.4, -0.2) is 40.6 Å². The summed E-state index contributed by atoms with van der Waals surface area (Å²) in [6.45, 7) is 1.93. The maximum atomic E-state index is 9.94. The molecule has 53 valence electrons. The van der Waals surface area contributed by atoms with Crippen LogP contribution in [0.4, 0.5) is 0 Å². The van der Waals surface area contributed by atoms with E-state index in [0.717, 1.165) is 12.8 Å². The van der Waals surface area contributed by atoms with Crippen LogP contribution in [0.5, 0.6) is 0 Å². The van der Waals surface area contributed by atoms with Crippen LogP contribution >= 0.6 is 0 Å². The first kappa shape index (κ1) is 12.8. The number of carbonyl (C=O) groups is 1. The summed E-state index contributed by atoms with van der Waals surface area (Å²) in [4.78, 5) is 9.94. The Morgan fingerprint density at radius 3 is 2.60 bits per heavy atom. The summed E-state index contributed by atoms with van der Waals surface area (Å²) in [7, 11) is 0. The Kier molecular flexibility index (Phi) is 11.8. The number of hydrogen-bond acceptors (Lipinski definition) is 1. The number of hydrogen-bond donors (Lipinski definition) is 1. The molecule has 10 heavy (non-hydrogen) atoms. The Morgan fingerprint density at radius 1 is 1.60 bits per heavy atom. The van der Waals surface area contributed by atoms with Gasteiger partial charge in [-0.2, -0.15) is 0 Å². The minimum Gasteiger partial charge on any atom is -0.481 e. The molecule has 0 atom stereocenters. The van der Waals surface area contributed by atoms with Gasteiger partial charge in [0.2, 0.25) is 0 Å². The zero-order valence-corrected chi connectivity index (χ0v) is 8.63. The summed E-state index contributed by atoms with van der Waals surface area (Å²) in [6.07, 6.45) is 5.82. The van der Waals surface area contributed by atoms with Gasteiger partial charge in [0.05, 0.1) is 0 Å². The van der Waals surface area contributed by atoms with Crippen molar-refractivity contribution in [2.75, 3.05) is 0 Å². The van der Waals surface area contributed by atoms with E-state index in [-0.39, 0.29) is 36.0 Å². The Bertz CT molecular complexity index is 110. The van der Waals surface area contributed by atoms with E-state index in [1.807, 2.05) is 19.1 Å². The predicted octanol–water partition coefficient (Wildman–Crippen LogP) is 1.44. The first-order chi connectivity index (χ1) is 4.27. The minimum absolute atomic E-state index is 0. The van der Waals surface area contributed by atoms with Crippen molar-refractivity contribution in [3.05, 3.63) is 12.2 Å². The average Bonchev–Trinajstić information content (AvgIpc) is 1.80. The zero-order chi connectivity index (χ0) is 7.11. The molecule has 0 bridgehead atoms. The van der Waals surface area contributed by atoms with Crippen LogP contribution < -0.4 is 0 Å². The van der Waals surface area contributed by atoms with Gasteiger partial charge in [-0.1, -0.05) is 12.2 Å². The van der Waals surface area contributed by atoms with E-state index < -0.39 is 5.97 Å². The van der Waals surface area contributed by atoms with E-state index >= 15 is 0 Å². The van der Waals surface area contributed by atoms with E-state index in [1.165, 1.54) is 0 Å². The van der Waals surface area contributed by atoms with Crippen molar-refractivity contribution in [2.45, 2.75) is 26.2 Å². The van der Waals surface area contributed by atoms with Gasteiger partial charge in [-0.3, -0.25) is 4.79 Å². The average molecular weight is 151 g/mol. The molecule has 0 aliphatic heterocycles. The normalized spacial score (nSPS) is 9.30. The summed E-state index contributed by atoms with van der Waals surface area (Å²) in [5, 5.41) is 8.19. The molecule has 0 heterocycles. The maximum Gasteiger partial charge on any atom is 0.303 e. The molecule has 3 heteroatoms. The van der Waals surface area contributed by atoms with E-state index in [1.54, 1.807) is 0 Å². The van der Waals surface area contributed by atoms with Crippen LogP contribution in [-0.2, 0) is 4.79 Å². The van der Waals surface area contributed by atoms with Gasteiger partial charge in [-0.25, -0.2) is 0 Å². The fraction of sp³-hybridized carbons (Fsp3) is 0.571. The molecule has 0 saturated heterocycles. The third-order valence-electron chi connectivity index (χ3n) is 0.997. The van der Waals surface area contributed by atoms with Crippen LogP contribution in [0.1, 0.15) is 26.2 Å². The number of carboxylic acid groups (broad SMARTS) is 1. The van der Waals surface area contributed by atoms with Crippen molar-refractivity contribution in [2.24, 2.45) is 0 Å². The largest absolute Gasteiger partial charge is 0.481 e. The SMILES string of the molecule is CC=CCCCC(=O)O.[Na].